The zero-order valence-electron chi connectivity index (χ0n) is 42.2. The minimum Gasteiger partial charge on any atom is -0.478 e. The maximum absolute atomic E-state index is 12.0. The van der Waals surface area contributed by atoms with Crippen LogP contribution in [-0.2, 0) is 19.1 Å². The van der Waals surface area contributed by atoms with Crippen molar-refractivity contribution < 1.29 is 33.8 Å². The van der Waals surface area contributed by atoms with Crippen molar-refractivity contribution in [2.45, 2.75) is 53.6 Å². The van der Waals surface area contributed by atoms with Crippen molar-refractivity contribution in [1.82, 2.24) is 24.9 Å². The summed E-state index contributed by atoms with van der Waals surface area (Å²) in [7, 11) is 0. The highest BCUT2D eigenvalue weighted by molar-refractivity contribution is 6.35. The number of amides is 1. The summed E-state index contributed by atoms with van der Waals surface area (Å²) in [4.78, 5) is 50.1. The van der Waals surface area contributed by atoms with Crippen molar-refractivity contribution in [3.63, 3.8) is 0 Å². The first-order valence-corrected chi connectivity index (χ1v) is 24.6. The van der Waals surface area contributed by atoms with Gasteiger partial charge >= 0.3 is 18.1 Å². The van der Waals surface area contributed by atoms with Crippen molar-refractivity contribution >= 4 is 106 Å². The molecule has 1 amide bonds. The van der Waals surface area contributed by atoms with Crippen LogP contribution in [0.15, 0.2) is 146 Å². The predicted molar refractivity (Wildman–Crippen MR) is 304 cm³/mol. The number of benzene rings is 6. The van der Waals surface area contributed by atoms with Crippen LogP contribution in [0, 0.1) is 13.8 Å². The minimum absolute atomic E-state index is 0. The number of hydrogen-bond donors (Lipinski definition) is 5. The van der Waals surface area contributed by atoms with Crippen LogP contribution in [0.25, 0.3) is 33.9 Å². The first-order valence-electron chi connectivity index (χ1n) is 23.1. The van der Waals surface area contributed by atoms with Crippen LogP contribution >= 0.6 is 58.8 Å². The summed E-state index contributed by atoms with van der Waals surface area (Å²) in [6.07, 6.45) is 0.553. The molecular weight excluding hydrogens is 1070 g/mol. The van der Waals surface area contributed by atoms with Gasteiger partial charge < -0.3 is 31.5 Å². The number of hydrogen-bond acceptors (Lipinski definition) is 11. The van der Waals surface area contributed by atoms with Crippen molar-refractivity contribution in [2.75, 3.05) is 23.7 Å². The van der Waals surface area contributed by atoms with Gasteiger partial charge in [0.1, 0.15) is 17.2 Å². The Morgan fingerprint density at radius 2 is 0.987 bits per heavy atom. The van der Waals surface area contributed by atoms with Gasteiger partial charge in [0.15, 0.2) is 0 Å². The second-order valence-electron chi connectivity index (χ2n) is 17.4. The first-order chi connectivity index (χ1) is 35.7. The van der Waals surface area contributed by atoms with E-state index >= 15 is 0 Å². The van der Waals surface area contributed by atoms with Crippen LogP contribution in [0.4, 0.5) is 23.0 Å². The number of nitrogens with two attached hydrogens (primary N) is 1. The molecule has 0 atom stereocenters. The summed E-state index contributed by atoms with van der Waals surface area (Å²) >= 11 is 24.7. The third-order valence-corrected chi connectivity index (χ3v) is 11.1. The van der Waals surface area contributed by atoms with E-state index in [1.54, 1.807) is 65.3 Å². The molecule has 0 radical (unpaired) electrons. The van der Waals surface area contributed by atoms with E-state index < -0.39 is 5.97 Å². The zero-order valence-corrected chi connectivity index (χ0v) is 46.0. The van der Waals surface area contributed by atoms with E-state index in [1.165, 1.54) is 5.56 Å². The number of nitrogens with one attached hydrogen (secondary N) is 3. The summed E-state index contributed by atoms with van der Waals surface area (Å²) in [5.74, 6) is 0.198. The van der Waals surface area contributed by atoms with Crippen LogP contribution in [0.1, 0.15) is 66.0 Å². The molecule has 8 rings (SSSR count). The highest BCUT2D eigenvalue weighted by atomic mass is 35.5. The standard InChI is InChI=1S/C25H22Cl2N4O.C23H17Cl2N3O2.C7H15NO2.CO2.ClH/c1-3-28-25(32)17-6-8-21(9-7-17)29-24-15-23(18-12-19(26)14-20(27)13-18)30-31(24)22-10-4-16(2)5-11-22;1-14-2-8-20(9-3-14)28-22(26-19-6-4-15(5-7-19)23(29)30)13-21(27-28)16-10-17(24)12-18(25)11-16;1-7(2,3)10-6(9)4-5-8;2-1-3;/h4-15,29H,3H2,1-2H3,(H,28,32);2-13,26H,1H3,(H,29,30);4-5,8H2,1-3H3;;1H. The monoisotopic (exact) mass is 1130 g/mol. The maximum atomic E-state index is 12.0. The van der Waals surface area contributed by atoms with Crippen LogP contribution in [-0.4, -0.2) is 67.4 Å². The van der Waals surface area contributed by atoms with Gasteiger partial charge in [-0.2, -0.15) is 19.8 Å². The molecule has 0 saturated heterocycles. The lowest BCUT2D eigenvalue weighted by Crippen LogP contribution is -2.25. The largest absolute Gasteiger partial charge is 0.478 e. The lowest BCUT2D eigenvalue weighted by atomic mass is 10.1. The molecule has 396 valence electrons. The molecule has 15 nitrogen and oxygen atoms in total. The second kappa shape index (κ2) is 29.0. The summed E-state index contributed by atoms with van der Waals surface area (Å²) in [5, 5.41) is 30.3. The Balaban J connectivity index is 0.000000265. The molecule has 0 aliphatic carbocycles. The molecule has 6 N–H and O–H groups in total. The summed E-state index contributed by atoms with van der Waals surface area (Å²) in [6.45, 7) is 12.4. The number of ether oxygens (including phenoxy) is 1. The third kappa shape index (κ3) is 18.7. The number of anilines is 4. The Labute approximate surface area is 466 Å². The molecule has 0 bridgehead atoms. The first kappa shape index (κ1) is 61.1. The van der Waals surface area contributed by atoms with Crippen LogP contribution in [0.3, 0.4) is 0 Å². The molecule has 8 aromatic rings. The van der Waals surface area contributed by atoms with Crippen molar-refractivity contribution in [3.8, 4) is 33.9 Å². The maximum Gasteiger partial charge on any atom is 0.373 e. The Morgan fingerprint density at radius 3 is 1.32 bits per heavy atom. The Bertz CT molecular complexity index is 3200. The minimum atomic E-state index is -0.966. The van der Waals surface area contributed by atoms with E-state index in [2.05, 4.69) is 16.0 Å². The number of aromatic nitrogens is 4. The molecule has 0 saturated carbocycles. The lowest BCUT2D eigenvalue weighted by molar-refractivity contribution is -0.191. The summed E-state index contributed by atoms with van der Waals surface area (Å²) in [5.41, 5.74) is 14.3. The topological polar surface area (TPSA) is 213 Å². The second-order valence-corrected chi connectivity index (χ2v) is 19.2. The molecule has 20 heteroatoms. The molecular formula is C56H55Cl5N8O7. The van der Waals surface area contributed by atoms with E-state index in [1.807, 2.05) is 131 Å². The fourth-order valence-electron chi connectivity index (χ4n) is 6.86. The zero-order chi connectivity index (χ0) is 54.8. The van der Waals surface area contributed by atoms with E-state index in [0.29, 0.717) is 56.7 Å². The fourth-order valence-corrected chi connectivity index (χ4v) is 7.91. The quantitative estimate of drug-likeness (QED) is 0.0683. The molecule has 0 fully saturated rings. The highest BCUT2D eigenvalue weighted by Crippen LogP contribution is 2.33. The normalized spacial score (nSPS) is 10.4. The average Bonchev–Trinajstić information content (AvgIpc) is 3.97. The van der Waals surface area contributed by atoms with Crippen molar-refractivity contribution in [2.24, 2.45) is 5.73 Å². The summed E-state index contributed by atoms with van der Waals surface area (Å²) in [6, 6.07) is 44.4. The number of carboxylic acids is 1. The lowest BCUT2D eigenvalue weighted by Gasteiger charge is -2.18. The number of carbonyl (C=O) groups excluding carboxylic acids is 4. The number of nitrogens with zero attached hydrogens (tertiary/aromatic N) is 4. The number of carbonyl (C=O) groups is 3. The van der Waals surface area contributed by atoms with E-state index in [-0.39, 0.29) is 41.6 Å². The van der Waals surface area contributed by atoms with Gasteiger partial charge in [-0.1, -0.05) is 81.8 Å². The number of aromatic carboxylic acids is 1. The fraction of sp³-hybridized carbons (Fsp3) is 0.179. The number of rotatable bonds is 13. The van der Waals surface area contributed by atoms with Crippen molar-refractivity contribution in [3.05, 3.63) is 188 Å². The number of halogens is 5. The molecule has 0 aliphatic rings. The smallest absolute Gasteiger partial charge is 0.373 e. The van der Waals surface area contributed by atoms with Crippen LogP contribution in [0.2, 0.25) is 20.1 Å². The molecule has 76 heavy (non-hydrogen) atoms. The predicted octanol–water partition coefficient (Wildman–Crippen LogP) is 13.8. The van der Waals surface area contributed by atoms with E-state index in [0.717, 1.165) is 51.0 Å². The van der Waals surface area contributed by atoms with E-state index in [9.17, 15) is 14.4 Å². The SMILES string of the molecule is CC(C)(C)OC(=O)CCN.CCNC(=O)c1ccc(Nc2cc(-c3cc(Cl)cc(Cl)c3)nn2-c2ccc(C)cc2)cc1.Cc1ccc(-n2nc(-c3cc(Cl)cc(Cl)c3)cc2Nc2ccc(C(=O)O)cc2)cc1.Cl.O=C=O. The molecule has 0 spiro atoms. The number of esters is 1. The molecule has 0 unspecified atom stereocenters. The highest BCUT2D eigenvalue weighted by Gasteiger charge is 2.17. The Hall–Kier alpha value is -7.46. The van der Waals surface area contributed by atoms with Gasteiger partial charge in [-0.25, -0.2) is 14.2 Å². The third-order valence-electron chi connectivity index (χ3n) is 10.2. The van der Waals surface area contributed by atoms with Gasteiger partial charge in [-0.15, -0.1) is 12.4 Å². The Morgan fingerprint density at radius 1 is 0.618 bits per heavy atom. The molecule has 2 heterocycles. The van der Waals surface area contributed by atoms with Gasteiger partial charge in [0.05, 0.1) is 34.7 Å². The van der Waals surface area contributed by atoms with Crippen LogP contribution in [0.5, 0.6) is 0 Å². The number of aryl methyl sites for hydroxylation is 2. The molecule has 0 aliphatic heterocycles. The number of carboxylic acid groups (broad SMARTS) is 1. The van der Waals surface area contributed by atoms with E-state index in [4.69, 9.17) is 81.8 Å². The van der Waals surface area contributed by atoms with Gasteiger partial charge in [0, 0.05) is 73.4 Å². The van der Waals surface area contributed by atoms with Gasteiger partial charge in [-0.05, 0) is 151 Å². The summed E-state index contributed by atoms with van der Waals surface area (Å²) < 4.78 is 8.58. The van der Waals surface area contributed by atoms with Crippen LogP contribution < -0.4 is 21.7 Å². The van der Waals surface area contributed by atoms with Crippen molar-refractivity contribution in [1.29, 1.82) is 0 Å². The van der Waals surface area contributed by atoms with Gasteiger partial charge in [-0.3, -0.25) is 9.59 Å². The van der Waals surface area contributed by atoms with Gasteiger partial charge in [0.25, 0.3) is 5.91 Å². The molecule has 2 aromatic heterocycles. The Kier molecular flexibility index (Phi) is 23.3. The average molecular weight is 1130 g/mol. The molecule has 6 aromatic carbocycles. The van der Waals surface area contributed by atoms with Gasteiger partial charge in [0.2, 0.25) is 0 Å².